The summed E-state index contributed by atoms with van der Waals surface area (Å²) in [5.74, 6) is 0.368. The maximum atomic E-state index is 12.1. The summed E-state index contributed by atoms with van der Waals surface area (Å²) < 4.78 is 0. The van der Waals surface area contributed by atoms with Crippen LogP contribution in [0.25, 0.3) is 11.1 Å². The van der Waals surface area contributed by atoms with E-state index in [0.29, 0.717) is 18.0 Å². The molecule has 0 aliphatic rings. The average molecular weight is 282 g/mol. The van der Waals surface area contributed by atoms with Crippen LogP contribution in [0.3, 0.4) is 0 Å². The molecule has 0 bridgehead atoms. The molecular weight excluding hydrogens is 260 g/mol. The summed E-state index contributed by atoms with van der Waals surface area (Å²) in [6, 6.07) is 8.09. The normalized spacial score (nSPS) is 10.7. The van der Waals surface area contributed by atoms with Crippen LogP contribution < -0.4 is 5.32 Å². The molecule has 1 heterocycles. The summed E-state index contributed by atoms with van der Waals surface area (Å²) in [6.45, 7) is 9.00. The van der Waals surface area contributed by atoms with Gasteiger partial charge in [0, 0.05) is 24.5 Å². The molecule has 3 heteroatoms. The molecule has 0 fully saturated rings. The Kier molecular flexibility index (Phi) is 4.73. The molecule has 0 saturated carbocycles. The van der Waals surface area contributed by atoms with Gasteiger partial charge in [-0.2, -0.15) is 0 Å². The van der Waals surface area contributed by atoms with E-state index in [2.05, 4.69) is 50.1 Å². The van der Waals surface area contributed by atoms with E-state index in [4.69, 9.17) is 0 Å². The standard InChI is InChI=1S/C18H22N2O/c1-12(2)9-20-18(21)16-8-15(10-19-11-16)17-7-5-6-13(3)14(17)4/h5-8,10-12H,9H2,1-4H3,(H,20,21). The zero-order chi connectivity index (χ0) is 15.4. The first-order valence-corrected chi connectivity index (χ1v) is 7.29. The van der Waals surface area contributed by atoms with Crippen molar-refractivity contribution < 1.29 is 4.79 Å². The molecule has 1 N–H and O–H groups in total. The minimum atomic E-state index is -0.0663. The van der Waals surface area contributed by atoms with Crippen LogP contribution in [-0.4, -0.2) is 17.4 Å². The minimum Gasteiger partial charge on any atom is -0.352 e. The van der Waals surface area contributed by atoms with Gasteiger partial charge in [-0.05, 0) is 42.5 Å². The third kappa shape index (κ3) is 3.69. The monoisotopic (exact) mass is 282 g/mol. The first-order chi connectivity index (χ1) is 9.99. The van der Waals surface area contributed by atoms with Crippen LogP contribution in [0.1, 0.15) is 35.3 Å². The summed E-state index contributed by atoms with van der Waals surface area (Å²) in [6.07, 6.45) is 3.42. The van der Waals surface area contributed by atoms with Gasteiger partial charge in [0.2, 0.25) is 0 Å². The Morgan fingerprint density at radius 2 is 2.00 bits per heavy atom. The molecule has 3 nitrogen and oxygen atoms in total. The summed E-state index contributed by atoms with van der Waals surface area (Å²) in [5.41, 5.74) is 5.17. The number of hydrogen-bond donors (Lipinski definition) is 1. The van der Waals surface area contributed by atoms with Crippen molar-refractivity contribution >= 4 is 5.91 Å². The number of hydrogen-bond acceptors (Lipinski definition) is 2. The van der Waals surface area contributed by atoms with Crippen molar-refractivity contribution in [1.29, 1.82) is 0 Å². The lowest BCUT2D eigenvalue weighted by Gasteiger charge is -2.11. The molecule has 0 radical (unpaired) electrons. The van der Waals surface area contributed by atoms with Crippen LogP contribution >= 0.6 is 0 Å². The number of benzene rings is 1. The van der Waals surface area contributed by atoms with Crippen LogP contribution in [0.4, 0.5) is 0 Å². The van der Waals surface area contributed by atoms with E-state index in [-0.39, 0.29) is 5.91 Å². The van der Waals surface area contributed by atoms with Gasteiger partial charge in [0.25, 0.3) is 5.91 Å². The number of pyridine rings is 1. The highest BCUT2D eigenvalue weighted by Gasteiger charge is 2.10. The van der Waals surface area contributed by atoms with Gasteiger partial charge in [-0.15, -0.1) is 0 Å². The van der Waals surface area contributed by atoms with Gasteiger partial charge in [0.1, 0.15) is 0 Å². The molecule has 0 saturated heterocycles. The third-order valence-corrected chi connectivity index (χ3v) is 3.59. The van der Waals surface area contributed by atoms with Crippen LogP contribution in [0.5, 0.6) is 0 Å². The van der Waals surface area contributed by atoms with Crippen molar-refractivity contribution in [1.82, 2.24) is 10.3 Å². The van der Waals surface area contributed by atoms with Crippen molar-refractivity contribution in [2.24, 2.45) is 5.92 Å². The summed E-state index contributed by atoms with van der Waals surface area (Å²) in [7, 11) is 0. The van der Waals surface area contributed by atoms with Gasteiger partial charge in [-0.3, -0.25) is 9.78 Å². The first-order valence-electron chi connectivity index (χ1n) is 7.29. The SMILES string of the molecule is Cc1cccc(-c2cncc(C(=O)NCC(C)C)c2)c1C. The maximum Gasteiger partial charge on any atom is 0.252 e. The second kappa shape index (κ2) is 6.53. The molecule has 0 aliphatic carbocycles. The molecule has 2 rings (SSSR count). The predicted octanol–water partition coefficient (Wildman–Crippen LogP) is 3.75. The van der Waals surface area contributed by atoms with Gasteiger partial charge in [0.05, 0.1) is 5.56 Å². The number of carbonyl (C=O) groups excluding carboxylic acids is 1. The van der Waals surface area contributed by atoms with Crippen LogP contribution in [-0.2, 0) is 0 Å². The van der Waals surface area contributed by atoms with E-state index in [1.807, 2.05) is 12.1 Å². The van der Waals surface area contributed by atoms with Gasteiger partial charge in [-0.1, -0.05) is 32.0 Å². The Bertz CT molecular complexity index is 647. The second-order valence-electron chi connectivity index (χ2n) is 5.81. The van der Waals surface area contributed by atoms with E-state index in [9.17, 15) is 4.79 Å². The Morgan fingerprint density at radius 1 is 1.24 bits per heavy atom. The highest BCUT2D eigenvalue weighted by atomic mass is 16.1. The molecule has 0 spiro atoms. The fourth-order valence-electron chi connectivity index (χ4n) is 2.17. The second-order valence-corrected chi connectivity index (χ2v) is 5.81. The van der Waals surface area contributed by atoms with Gasteiger partial charge < -0.3 is 5.32 Å². The Morgan fingerprint density at radius 3 is 2.71 bits per heavy atom. The van der Waals surface area contributed by atoms with Crippen LogP contribution in [0.2, 0.25) is 0 Å². The number of carbonyl (C=O) groups is 1. The number of aromatic nitrogens is 1. The lowest BCUT2D eigenvalue weighted by atomic mass is 9.97. The number of aryl methyl sites for hydroxylation is 1. The highest BCUT2D eigenvalue weighted by Crippen LogP contribution is 2.25. The van der Waals surface area contributed by atoms with E-state index >= 15 is 0 Å². The van der Waals surface area contributed by atoms with Crippen molar-refractivity contribution in [3.8, 4) is 11.1 Å². The molecule has 1 aromatic heterocycles. The highest BCUT2D eigenvalue weighted by molar-refractivity contribution is 5.95. The smallest absolute Gasteiger partial charge is 0.252 e. The average Bonchev–Trinajstić information content (AvgIpc) is 2.47. The van der Waals surface area contributed by atoms with E-state index in [0.717, 1.165) is 11.1 Å². The zero-order valence-electron chi connectivity index (χ0n) is 13.1. The zero-order valence-corrected chi connectivity index (χ0v) is 13.1. The molecule has 0 aliphatic heterocycles. The molecule has 1 aromatic carbocycles. The number of nitrogens with one attached hydrogen (secondary N) is 1. The fourth-order valence-corrected chi connectivity index (χ4v) is 2.17. The molecule has 2 aromatic rings. The number of nitrogens with zero attached hydrogens (tertiary/aromatic N) is 1. The van der Waals surface area contributed by atoms with E-state index < -0.39 is 0 Å². The Hall–Kier alpha value is -2.16. The number of amides is 1. The van der Waals surface area contributed by atoms with Gasteiger partial charge >= 0.3 is 0 Å². The quantitative estimate of drug-likeness (QED) is 0.928. The summed E-state index contributed by atoms with van der Waals surface area (Å²) in [4.78, 5) is 16.4. The van der Waals surface area contributed by atoms with Gasteiger partial charge in [0.15, 0.2) is 0 Å². The molecular formula is C18H22N2O. The van der Waals surface area contributed by atoms with Crippen molar-refractivity contribution in [2.75, 3.05) is 6.54 Å². The van der Waals surface area contributed by atoms with Crippen molar-refractivity contribution in [3.05, 3.63) is 53.3 Å². The molecule has 0 atom stereocenters. The molecule has 21 heavy (non-hydrogen) atoms. The Balaban J connectivity index is 2.29. The minimum absolute atomic E-state index is 0.0663. The third-order valence-electron chi connectivity index (χ3n) is 3.59. The van der Waals surface area contributed by atoms with Crippen molar-refractivity contribution in [3.63, 3.8) is 0 Å². The maximum absolute atomic E-state index is 12.1. The summed E-state index contributed by atoms with van der Waals surface area (Å²) in [5, 5.41) is 2.92. The molecule has 0 unspecified atom stereocenters. The topological polar surface area (TPSA) is 42.0 Å². The van der Waals surface area contributed by atoms with Crippen LogP contribution in [0, 0.1) is 19.8 Å². The molecule has 1 amide bonds. The van der Waals surface area contributed by atoms with E-state index in [1.165, 1.54) is 11.1 Å². The van der Waals surface area contributed by atoms with E-state index in [1.54, 1.807) is 12.4 Å². The van der Waals surface area contributed by atoms with Gasteiger partial charge in [-0.25, -0.2) is 0 Å². The lowest BCUT2D eigenvalue weighted by Crippen LogP contribution is -2.27. The molecule has 110 valence electrons. The first kappa shape index (κ1) is 15.2. The van der Waals surface area contributed by atoms with Crippen LogP contribution in [0.15, 0.2) is 36.7 Å². The Labute approximate surface area is 126 Å². The largest absolute Gasteiger partial charge is 0.352 e. The predicted molar refractivity (Wildman–Crippen MR) is 86.3 cm³/mol. The lowest BCUT2D eigenvalue weighted by molar-refractivity contribution is 0.0948. The van der Waals surface area contributed by atoms with Crippen molar-refractivity contribution in [2.45, 2.75) is 27.7 Å². The summed E-state index contributed by atoms with van der Waals surface area (Å²) >= 11 is 0. The fraction of sp³-hybridized carbons (Fsp3) is 0.333. The number of rotatable bonds is 4.